The van der Waals surface area contributed by atoms with E-state index >= 15 is 0 Å². The van der Waals surface area contributed by atoms with Crippen molar-refractivity contribution in [3.63, 3.8) is 0 Å². The van der Waals surface area contributed by atoms with E-state index in [0.29, 0.717) is 6.42 Å². The first-order valence-corrected chi connectivity index (χ1v) is 5.59. The maximum Gasteiger partial charge on any atom is 0.416 e. The summed E-state index contributed by atoms with van der Waals surface area (Å²) in [4.78, 5) is 3.73. The molecule has 0 radical (unpaired) electrons. The van der Waals surface area contributed by atoms with Crippen LogP contribution in [0.1, 0.15) is 25.3 Å². The molecule has 0 aliphatic heterocycles. The van der Waals surface area contributed by atoms with Crippen molar-refractivity contribution >= 4 is 11.6 Å². The molecule has 0 fully saturated rings. The number of hydrogen-bond donors (Lipinski definition) is 3. The van der Waals surface area contributed by atoms with E-state index in [2.05, 4.69) is 10.3 Å². The minimum absolute atomic E-state index is 0.0116. The molecule has 1 aromatic heterocycles. The summed E-state index contributed by atoms with van der Waals surface area (Å²) in [6.45, 7) is 2.05. The minimum atomic E-state index is -4.46. The van der Waals surface area contributed by atoms with Crippen molar-refractivity contribution < 1.29 is 18.3 Å². The molecular formula is C11H16F3N3O. The van der Waals surface area contributed by atoms with Gasteiger partial charge in [-0.3, -0.25) is 0 Å². The third-order valence-electron chi connectivity index (χ3n) is 2.31. The van der Waals surface area contributed by atoms with Gasteiger partial charge in [-0.15, -0.1) is 0 Å². The fourth-order valence-electron chi connectivity index (χ4n) is 1.46. The summed E-state index contributed by atoms with van der Waals surface area (Å²) in [5.41, 5.74) is 4.45. The van der Waals surface area contributed by atoms with Gasteiger partial charge in [0.15, 0.2) is 0 Å². The molecule has 1 unspecified atom stereocenters. The van der Waals surface area contributed by atoms with Crippen LogP contribution in [0.4, 0.5) is 24.8 Å². The highest BCUT2D eigenvalue weighted by Crippen LogP contribution is 2.31. The molecule has 1 aromatic rings. The zero-order valence-electron chi connectivity index (χ0n) is 9.96. The molecule has 1 atom stereocenters. The third-order valence-corrected chi connectivity index (χ3v) is 2.31. The van der Waals surface area contributed by atoms with E-state index in [1.54, 1.807) is 0 Å². The van der Waals surface area contributed by atoms with Crippen molar-refractivity contribution in [2.24, 2.45) is 0 Å². The molecule has 0 aliphatic carbocycles. The fourth-order valence-corrected chi connectivity index (χ4v) is 1.46. The van der Waals surface area contributed by atoms with E-state index in [0.717, 1.165) is 18.6 Å². The number of hydrogen-bond acceptors (Lipinski definition) is 4. The average molecular weight is 263 g/mol. The van der Waals surface area contributed by atoms with Crippen molar-refractivity contribution in [1.82, 2.24) is 4.98 Å². The molecule has 18 heavy (non-hydrogen) atoms. The van der Waals surface area contributed by atoms with Gasteiger partial charge in [0.25, 0.3) is 0 Å². The average Bonchev–Trinajstić information content (AvgIpc) is 2.25. The monoisotopic (exact) mass is 263 g/mol. The molecule has 4 N–H and O–H groups in total. The number of aliphatic hydroxyl groups excluding tert-OH is 1. The second kappa shape index (κ2) is 5.90. The zero-order chi connectivity index (χ0) is 13.8. The van der Waals surface area contributed by atoms with Crippen LogP contribution in [0.15, 0.2) is 12.1 Å². The molecule has 0 spiro atoms. The first kappa shape index (κ1) is 14.6. The van der Waals surface area contributed by atoms with E-state index in [1.807, 2.05) is 6.92 Å². The van der Waals surface area contributed by atoms with Gasteiger partial charge in [-0.1, -0.05) is 13.3 Å². The number of anilines is 2. The molecular weight excluding hydrogens is 247 g/mol. The Morgan fingerprint density at radius 2 is 2.11 bits per heavy atom. The summed E-state index contributed by atoms with van der Waals surface area (Å²) >= 11 is 0. The van der Waals surface area contributed by atoms with Crippen molar-refractivity contribution in [3.05, 3.63) is 17.7 Å². The summed E-state index contributed by atoms with van der Waals surface area (Å²) in [7, 11) is 0. The van der Waals surface area contributed by atoms with Crippen LogP contribution < -0.4 is 11.1 Å². The van der Waals surface area contributed by atoms with E-state index in [-0.39, 0.29) is 18.2 Å². The minimum Gasteiger partial charge on any atom is -0.391 e. The Morgan fingerprint density at radius 1 is 1.44 bits per heavy atom. The standard InChI is InChI=1S/C11H16F3N3O/c1-2-3-8(18)6-16-10-5-7(11(12,13)14)4-9(15)17-10/h4-5,8,18H,2-3,6H2,1H3,(H3,15,16,17). The van der Waals surface area contributed by atoms with Crippen LogP contribution >= 0.6 is 0 Å². The van der Waals surface area contributed by atoms with Gasteiger partial charge in [0.05, 0.1) is 11.7 Å². The van der Waals surface area contributed by atoms with Crippen LogP contribution in [-0.2, 0) is 6.18 Å². The number of nitrogens with zero attached hydrogens (tertiary/aromatic N) is 1. The van der Waals surface area contributed by atoms with Gasteiger partial charge in [-0.25, -0.2) is 4.98 Å². The lowest BCUT2D eigenvalue weighted by Crippen LogP contribution is -2.20. The first-order chi connectivity index (χ1) is 8.32. The van der Waals surface area contributed by atoms with Gasteiger partial charge in [-0.05, 0) is 18.6 Å². The Balaban J connectivity index is 2.75. The highest BCUT2D eigenvalue weighted by atomic mass is 19.4. The summed E-state index contributed by atoms with van der Waals surface area (Å²) in [6, 6.07) is 1.64. The molecule has 102 valence electrons. The molecule has 0 bridgehead atoms. The third kappa shape index (κ3) is 4.40. The van der Waals surface area contributed by atoms with Gasteiger partial charge in [0.1, 0.15) is 11.6 Å². The predicted octanol–water partition coefficient (Wildman–Crippen LogP) is 2.26. The van der Waals surface area contributed by atoms with Gasteiger partial charge >= 0.3 is 6.18 Å². The number of pyridine rings is 1. The lowest BCUT2D eigenvalue weighted by molar-refractivity contribution is -0.137. The maximum absolute atomic E-state index is 12.5. The van der Waals surface area contributed by atoms with Gasteiger partial charge in [0, 0.05) is 6.54 Å². The summed E-state index contributed by atoms with van der Waals surface area (Å²) < 4.78 is 37.5. The van der Waals surface area contributed by atoms with E-state index in [9.17, 15) is 18.3 Å². The SMILES string of the molecule is CCCC(O)CNc1cc(C(F)(F)F)cc(N)n1. The Kier molecular flexibility index (Phi) is 4.77. The Bertz CT molecular complexity index is 396. The van der Waals surface area contributed by atoms with E-state index in [4.69, 9.17) is 5.73 Å². The fraction of sp³-hybridized carbons (Fsp3) is 0.545. The van der Waals surface area contributed by atoms with Crippen LogP contribution in [0.3, 0.4) is 0 Å². The van der Waals surface area contributed by atoms with E-state index < -0.39 is 17.8 Å². The molecule has 7 heteroatoms. The number of aliphatic hydroxyl groups is 1. The quantitative estimate of drug-likeness (QED) is 0.762. The van der Waals surface area contributed by atoms with Gasteiger partial charge < -0.3 is 16.2 Å². The molecule has 0 saturated heterocycles. The van der Waals surface area contributed by atoms with Gasteiger partial charge in [-0.2, -0.15) is 13.2 Å². The van der Waals surface area contributed by atoms with Crippen molar-refractivity contribution in [1.29, 1.82) is 0 Å². The van der Waals surface area contributed by atoms with E-state index in [1.165, 1.54) is 0 Å². The maximum atomic E-state index is 12.5. The smallest absolute Gasteiger partial charge is 0.391 e. The molecule has 1 heterocycles. The van der Waals surface area contributed by atoms with Crippen LogP contribution in [-0.4, -0.2) is 22.7 Å². The number of nitrogens with two attached hydrogens (primary N) is 1. The molecule has 1 rings (SSSR count). The predicted molar refractivity (Wildman–Crippen MR) is 63.1 cm³/mol. The molecule has 4 nitrogen and oxygen atoms in total. The number of halogens is 3. The van der Waals surface area contributed by atoms with Crippen LogP contribution in [0.5, 0.6) is 0 Å². The Labute approximate surface area is 103 Å². The molecule has 0 amide bonds. The lowest BCUT2D eigenvalue weighted by atomic mass is 10.2. The normalized spacial score (nSPS) is 13.4. The molecule has 0 aromatic carbocycles. The molecule has 0 saturated carbocycles. The summed E-state index contributed by atoms with van der Waals surface area (Å²) in [5.74, 6) is -0.199. The van der Waals surface area contributed by atoms with Gasteiger partial charge in [0.2, 0.25) is 0 Å². The summed E-state index contributed by atoms with van der Waals surface area (Å²) in [6.07, 6.45) is -3.72. The molecule has 0 aliphatic rings. The lowest BCUT2D eigenvalue weighted by Gasteiger charge is -2.13. The second-order valence-electron chi connectivity index (χ2n) is 3.99. The highest BCUT2D eigenvalue weighted by Gasteiger charge is 2.31. The topological polar surface area (TPSA) is 71.2 Å². The summed E-state index contributed by atoms with van der Waals surface area (Å²) in [5, 5.41) is 12.1. The highest BCUT2D eigenvalue weighted by molar-refractivity contribution is 5.47. The van der Waals surface area contributed by atoms with Crippen LogP contribution in [0.2, 0.25) is 0 Å². The number of nitrogen functional groups attached to an aromatic ring is 1. The Morgan fingerprint density at radius 3 is 2.67 bits per heavy atom. The number of nitrogens with one attached hydrogen (secondary N) is 1. The van der Waals surface area contributed by atoms with Crippen LogP contribution in [0, 0.1) is 0 Å². The van der Waals surface area contributed by atoms with Crippen molar-refractivity contribution in [2.45, 2.75) is 32.0 Å². The largest absolute Gasteiger partial charge is 0.416 e. The number of alkyl halides is 3. The number of rotatable bonds is 5. The number of aromatic nitrogens is 1. The zero-order valence-corrected chi connectivity index (χ0v) is 9.96. The van der Waals surface area contributed by atoms with Crippen LogP contribution in [0.25, 0.3) is 0 Å². The first-order valence-electron chi connectivity index (χ1n) is 5.59. The van der Waals surface area contributed by atoms with Crippen molar-refractivity contribution in [2.75, 3.05) is 17.6 Å². The van der Waals surface area contributed by atoms with Crippen molar-refractivity contribution in [3.8, 4) is 0 Å². The Hall–Kier alpha value is -1.50. The second-order valence-corrected chi connectivity index (χ2v) is 3.99.